The summed E-state index contributed by atoms with van der Waals surface area (Å²) in [5.74, 6) is 0.724. The van der Waals surface area contributed by atoms with Crippen LogP contribution in [0.4, 0.5) is 18.9 Å². The number of hydrogen-bond acceptors (Lipinski definition) is 5. The van der Waals surface area contributed by atoms with Crippen LogP contribution in [0.1, 0.15) is 10.6 Å². The first kappa shape index (κ1) is 19.5. The SMILES string of the molecule is COc1ccc(-c2csc(C(C#N)=CNc3cccc(C(F)(F)F)c3)n2)cc1. The van der Waals surface area contributed by atoms with Crippen molar-refractivity contribution in [3.63, 3.8) is 0 Å². The normalized spacial score (nSPS) is 11.8. The second-order valence-electron chi connectivity index (χ2n) is 5.66. The molecule has 0 aliphatic rings. The van der Waals surface area contributed by atoms with Gasteiger partial charge in [0.1, 0.15) is 22.4 Å². The first-order valence-electron chi connectivity index (χ1n) is 8.05. The fourth-order valence-corrected chi connectivity index (χ4v) is 3.17. The fourth-order valence-electron chi connectivity index (χ4n) is 2.37. The summed E-state index contributed by atoms with van der Waals surface area (Å²) in [7, 11) is 1.58. The number of nitrogens with zero attached hydrogens (tertiary/aromatic N) is 2. The Hall–Kier alpha value is -3.31. The first-order chi connectivity index (χ1) is 13.4. The average Bonchev–Trinajstić information content (AvgIpc) is 3.18. The minimum atomic E-state index is -4.43. The molecule has 142 valence electrons. The molecular formula is C20H14F3N3OS. The van der Waals surface area contributed by atoms with Gasteiger partial charge in [-0.1, -0.05) is 6.07 Å². The van der Waals surface area contributed by atoms with Crippen LogP contribution >= 0.6 is 11.3 Å². The molecule has 4 nitrogen and oxygen atoms in total. The van der Waals surface area contributed by atoms with Crippen LogP contribution in [0.5, 0.6) is 5.75 Å². The predicted molar refractivity (Wildman–Crippen MR) is 103 cm³/mol. The summed E-state index contributed by atoms with van der Waals surface area (Å²) in [5, 5.41) is 14.4. The zero-order valence-electron chi connectivity index (χ0n) is 14.6. The number of halogens is 3. The Labute approximate surface area is 163 Å². The van der Waals surface area contributed by atoms with Crippen molar-refractivity contribution in [2.24, 2.45) is 0 Å². The van der Waals surface area contributed by atoms with Crippen LogP contribution in [0.15, 0.2) is 60.1 Å². The van der Waals surface area contributed by atoms with E-state index in [1.54, 1.807) is 7.11 Å². The van der Waals surface area contributed by atoms with E-state index in [4.69, 9.17) is 4.74 Å². The van der Waals surface area contributed by atoms with E-state index in [0.717, 1.165) is 23.4 Å². The first-order valence-corrected chi connectivity index (χ1v) is 8.93. The molecule has 1 heterocycles. The van der Waals surface area contributed by atoms with Crippen molar-refractivity contribution in [3.05, 3.63) is 70.7 Å². The number of nitrogens with one attached hydrogen (secondary N) is 1. The standard InChI is InChI=1S/C20H14F3N3OS/c1-27-17-7-5-13(6-8-17)18-12-28-19(26-18)14(10-24)11-25-16-4-2-3-15(9-16)20(21,22)23/h2-9,11-12,25H,1H3. The van der Waals surface area contributed by atoms with Gasteiger partial charge in [-0.3, -0.25) is 0 Å². The predicted octanol–water partition coefficient (Wildman–Crippen LogP) is 5.81. The number of aromatic nitrogens is 1. The Bertz CT molecular complexity index is 1030. The van der Waals surface area contributed by atoms with E-state index in [0.29, 0.717) is 10.7 Å². The molecule has 0 aliphatic carbocycles. The number of ether oxygens (including phenoxy) is 1. The summed E-state index contributed by atoms with van der Waals surface area (Å²) < 4.78 is 43.5. The highest BCUT2D eigenvalue weighted by Gasteiger charge is 2.30. The van der Waals surface area contributed by atoms with Crippen molar-refractivity contribution in [3.8, 4) is 23.1 Å². The molecule has 3 aromatic rings. The van der Waals surface area contributed by atoms with E-state index in [-0.39, 0.29) is 11.3 Å². The number of thiazole rings is 1. The molecule has 2 aromatic carbocycles. The molecule has 0 saturated carbocycles. The van der Waals surface area contributed by atoms with E-state index in [2.05, 4.69) is 10.3 Å². The molecule has 0 atom stereocenters. The monoisotopic (exact) mass is 401 g/mol. The molecule has 28 heavy (non-hydrogen) atoms. The zero-order valence-corrected chi connectivity index (χ0v) is 15.4. The summed E-state index contributed by atoms with van der Waals surface area (Å²) in [6, 6.07) is 14.1. The number of benzene rings is 2. The minimum absolute atomic E-state index is 0.224. The van der Waals surface area contributed by atoms with Crippen LogP contribution in [0, 0.1) is 11.3 Å². The smallest absolute Gasteiger partial charge is 0.416 e. The third-order valence-corrected chi connectivity index (χ3v) is 4.69. The minimum Gasteiger partial charge on any atom is -0.497 e. The van der Waals surface area contributed by atoms with Crippen LogP contribution < -0.4 is 10.1 Å². The van der Waals surface area contributed by atoms with Gasteiger partial charge in [-0.2, -0.15) is 18.4 Å². The molecule has 1 aromatic heterocycles. The van der Waals surface area contributed by atoms with Gasteiger partial charge in [0.25, 0.3) is 0 Å². The number of nitriles is 1. The lowest BCUT2D eigenvalue weighted by molar-refractivity contribution is -0.137. The van der Waals surface area contributed by atoms with E-state index >= 15 is 0 Å². The summed E-state index contributed by atoms with van der Waals surface area (Å²) in [6.45, 7) is 0. The lowest BCUT2D eigenvalue weighted by Gasteiger charge is -2.08. The Morgan fingerprint density at radius 2 is 1.96 bits per heavy atom. The van der Waals surface area contributed by atoms with Gasteiger partial charge in [0.05, 0.1) is 18.4 Å². The highest BCUT2D eigenvalue weighted by Crippen LogP contribution is 2.31. The Balaban J connectivity index is 1.80. The fraction of sp³-hybridized carbons (Fsp3) is 0.100. The van der Waals surface area contributed by atoms with E-state index in [1.165, 1.54) is 29.7 Å². The van der Waals surface area contributed by atoms with Crippen LogP contribution in [-0.4, -0.2) is 12.1 Å². The molecule has 0 unspecified atom stereocenters. The molecule has 0 fully saturated rings. The summed E-state index contributed by atoms with van der Waals surface area (Å²) >= 11 is 1.28. The molecule has 0 aliphatic heterocycles. The van der Waals surface area contributed by atoms with Crippen LogP contribution in [0.25, 0.3) is 16.8 Å². The molecule has 1 N–H and O–H groups in total. The molecule has 0 bridgehead atoms. The zero-order chi connectivity index (χ0) is 20.1. The van der Waals surface area contributed by atoms with Crippen molar-refractivity contribution in [2.75, 3.05) is 12.4 Å². The Morgan fingerprint density at radius 3 is 2.61 bits per heavy atom. The lowest BCUT2D eigenvalue weighted by atomic mass is 10.2. The molecule has 0 amide bonds. The van der Waals surface area contributed by atoms with Crippen LogP contribution in [-0.2, 0) is 6.18 Å². The highest BCUT2D eigenvalue weighted by atomic mass is 32.1. The number of anilines is 1. The third-order valence-electron chi connectivity index (χ3n) is 3.81. The quantitative estimate of drug-likeness (QED) is 0.548. The Morgan fingerprint density at radius 1 is 1.21 bits per heavy atom. The van der Waals surface area contributed by atoms with Gasteiger partial charge in [-0.25, -0.2) is 4.98 Å². The number of hydrogen-bond donors (Lipinski definition) is 1. The van der Waals surface area contributed by atoms with Crippen molar-refractivity contribution >= 4 is 22.6 Å². The molecule has 0 radical (unpaired) electrons. The number of rotatable bonds is 5. The molecule has 0 spiro atoms. The van der Waals surface area contributed by atoms with Gasteiger partial charge in [0, 0.05) is 22.8 Å². The lowest BCUT2D eigenvalue weighted by Crippen LogP contribution is -2.05. The largest absolute Gasteiger partial charge is 0.497 e. The summed E-state index contributed by atoms with van der Waals surface area (Å²) in [4.78, 5) is 4.44. The van der Waals surface area contributed by atoms with E-state index < -0.39 is 11.7 Å². The molecule has 8 heteroatoms. The van der Waals surface area contributed by atoms with Crippen molar-refractivity contribution in [1.29, 1.82) is 5.26 Å². The maximum atomic E-state index is 12.8. The van der Waals surface area contributed by atoms with Crippen molar-refractivity contribution < 1.29 is 17.9 Å². The highest BCUT2D eigenvalue weighted by molar-refractivity contribution is 7.11. The van der Waals surface area contributed by atoms with Gasteiger partial charge in [0.2, 0.25) is 0 Å². The van der Waals surface area contributed by atoms with E-state index in [1.807, 2.05) is 35.7 Å². The van der Waals surface area contributed by atoms with E-state index in [9.17, 15) is 18.4 Å². The topological polar surface area (TPSA) is 57.9 Å². The Kier molecular flexibility index (Phi) is 5.66. The summed E-state index contributed by atoms with van der Waals surface area (Å²) in [5.41, 5.74) is 1.26. The molecule has 0 saturated heterocycles. The van der Waals surface area contributed by atoms with Crippen molar-refractivity contribution in [1.82, 2.24) is 4.98 Å². The second-order valence-corrected chi connectivity index (χ2v) is 6.52. The van der Waals surface area contributed by atoms with Gasteiger partial charge < -0.3 is 10.1 Å². The van der Waals surface area contributed by atoms with Gasteiger partial charge in [-0.05, 0) is 42.5 Å². The number of alkyl halides is 3. The third kappa shape index (κ3) is 4.50. The maximum absolute atomic E-state index is 12.8. The molecular weight excluding hydrogens is 387 g/mol. The van der Waals surface area contributed by atoms with Gasteiger partial charge in [-0.15, -0.1) is 11.3 Å². The number of allylic oxidation sites excluding steroid dienone is 1. The molecule has 3 rings (SSSR count). The summed E-state index contributed by atoms with van der Waals surface area (Å²) in [6.07, 6.45) is -3.08. The average molecular weight is 401 g/mol. The maximum Gasteiger partial charge on any atom is 0.416 e. The second kappa shape index (κ2) is 8.15. The van der Waals surface area contributed by atoms with Gasteiger partial charge >= 0.3 is 6.18 Å². The van der Waals surface area contributed by atoms with Gasteiger partial charge in [0.15, 0.2) is 0 Å². The van der Waals surface area contributed by atoms with Crippen LogP contribution in [0.2, 0.25) is 0 Å². The number of methoxy groups -OCH3 is 1. The van der Waals surface area contributed by atoms with Crippen molar-refractivity contribution in [2.45, 2.75) is 6.18 Å². The van der Waals surface area contributed by atoms with Crippen LogP contribution in [0.3, 0.4) is 0 Å².